The van der Waals surface area contributed by atoms with E-state index >= 15 is 0 Å². The van der Waals surface area contributed by atoms with Gasteiger partial charge in [-0.1, -0.05) is 25.0 Å². The van der Waals surface area contributed by atoms with Crippen LogP contribution in [0.5, 0.6) is 5.75 Å². The Morgan fingerprint density at radius 3 is 2.30 bits per heavy atom. The second-order valence-corrected chi connectivity index (χ2v) is 6.42. The molecule has 0 atom stereocenters. The lowest BCUT2D eigenvalue weighted by Gasteiger charge is -2.05. The van der Waals surface area contributed by atoms with E-state index in [-0.39, 0.29) is 5.75 Å². The van der Waals surface area contributed by atoms with Gasteiger partial charge in [-0.2, -0.15) is 0 Å². The summed E-state index contributed by atoms with van der Waals surface area (Å²) in [5.41, 5.74) is 1.11. The van der Waals surface area contributed by atoms with E-state index in [0.717, 1.165) is 30.6 Å². The third kappa shape index (κ3) is 8.14. The third-order valence-electron chi connectivity index (χ3n) is 2.90. The lowest BCUT2D eigenvalue weighted by molar-refractivity contribution is 0.117. The average Bonchev–Trinajstić information content (AvgIpc) is 2.41. The van der Waals surface area contributed by atoms with Crippen LogP contribution in [0.2, 0.25) is 0 Å². The number of sulfonamides is 1. The second kappa shape index (κ2) is 8.94. The molecule has 0 radical (unpaired) electrons. The Hall–Kier alpha value is -1.11. The lowest BCUT2D eigenvalue weighted by atomic mass is 10.2. The maximum absolute atomic E-state index is 10.7. The van der Waals surface area contributed by atoms with E-state index in [9.17, 15) is 8.42 Å². The molecule has 0 bridgehead atoms. The Morgan fingerprint density at radius 1 is 1.05 bits per heavy atom. The Labute approximate surface area is 121 Å². The summed E-state index contributed by atoms with van der Waals surface area (Å²) < 4.78 is 32.1. The topological polar surface area (TPSA) is 78.6 Å². The summed E-state index contributed by atoms with van der Waals surface area (Å²) in [6.07, 6.45) is 3.37. The molecule has 114 valence electrons. The highest BCUT2D eigenvalue weighted by Gasteiger charge is 2.01. The van der Waals surface area contributed by atoms with Crippen LogP contribution in [0.3, 0.4) is 0 Å². The van der Waals surface area contributed by atoms with Crippen LogP contribution >= 0.6 is 0 Å². The van der Waals surface area contributed by atoms with Gasteiger partial charge in [0.2, 0.25) is 10.0 Å². The molecule has 20 heavy (non-hydrogen) atoms. The van der Waals surface area contributed by atoms with Crippen molar-refractivity contribution in [1.82, 2.24) is 0 Å². The maximum Gasteiger partial charge on any atom is 0.209 e. The number of hydrogen-bond acceptors (Lipinski definition) is 4. The highest BCUT2D eigenvalue weighted by atomic mass is 32.2. The van der Waals surface area contributed by atoms with Gasteiger partial charge >= 0.3 is 0 Å². The molecule has 0 spiro atoms. The number of benzene rings is 1. The Bertz CT molecular complexity index is 470. The van der Waals surface area contributed by atoms with Crippen LogP contribution in [-0.4, -0.2) is 27.9 Å². The van der Waals surface area contributed by atoms with Gasteiger partial charge in [0.25, 0.3) is 0 Å². The Balaban J connectivity index is 2.01. The third-order valence-corrected chi connectivity index (χ3v) is 3.75. The summed E-state index contributed by atoms with van der Waals surface area (Å²) in [6, 6.07) is 7.77. The molecular weight excluding hydrogens is 278 g/mol. The van der Waals surface area contributed by atoms with Crippen LogP contribution in [0, 0.1) is 0 Å². The van der Waals surface area contributed by atoms with Gasteiger partial charge in [-0.05, 0) is 30.5 Å². The first-order valence-electron chi connectivity index (χ1n) is 6.72. The number of ether oxygens (including phenoxy) is 2. The zero-order chi connectivity index (χ0) is 14.8. The van der Waals surface area contributed by atoms with Gasteiger partial charge in [-0.15, -0.1) is 0 Å². The average molecular weight is 301 g/mol. The SMILES string of the molecule is COc1ccc(COCCCCCCS(N)(=O)=O)cc1. The summed E-state index contributed by atoms with van der Waals surface area (Å²) >= 11 is 0. The molecule has 0 heterocycles. The van der Waals surface area contributed by atoms with Crippen LogP contribution in [0.1, 0.15) is 31.2 Å². The Kier molecular flexibility index (Phi) is 7.58. The van der Waals surface area contributed by atoms with Crippen molar-refractivity contribution in [2.45, 2.75) is 32.3 Å². The first-order chi connectivity index (χ1) is 9.51. The molecule has 0 fully saturated rings. The first-order valence-corrected chi connectivity index (χ1v) is 8.44. The molecule has 0 saturated heterocycles. The van der Waals surface area contributed by atoms with E-state index in [1.165, 1.54) is 0 Å². The van der Waals surface area contributed by atoms with E-state index in [0.29, 0.717) is 19.6 Å². The van der Waals surface area contributed by atoms with Gasteiger partial charge in [-0.3, -0.25) is 0 Å². The minimum absolute atomic E-state index is 0.0692. The van der Waals surface area contributed by atoms with Gasteiger partial charge in [-0.25, -0.2) is 13.6 Å². The predicted molar refractivity (Wildman–Crippen MR) is 79.1 cm³/mol. The van der Waals surface area contributed by atoms with Crippen molar-refractivity contribution in [3.63, 3.8) is 0 Å². The van der Waals surface area contributed by atoms with Crippen LogP contribution in [0.4, 0.5) is 0 Å². The maximum atomic E-state index is 10.7. The van der Waals surface area contributed by atoms with Crippen molar-refractivity contribution in [2.24, 2.45) is 5.14 Å². The highest BCUT2D eigenvalue weighted by Crippen LogP contribution is 2.12. The number of hydrogen-bond donors (Lipinski definition) is 1. The molecule has 1 rings (SSSR count). The lowest BCUT2D eigenvalue weighted by Crippen LogP contribution is -2.16. The van der Waals surface area contributed by atoms with Crippen molar-refractivity contribution in [2.75, 3.05) is 19.5 Å². The van der Waals surface area contributed by atoms with Crippen LogP contribution in [-0.2, 0) is 21.4 Å². The number of primary sulfonamides is 1. The van der Waals surface area contributed by atoms with Gasteiger partial charge in [0.1, 0.15) is 5.75 Å². The first kappa shape index (κ1) is 16.9. The standard InChI is InChI=1S/C14H23NO4S/c1-18-14-8-6-13(7-9-14)12-19-10-4-2-3-5-11-20(15,16)17/h6-9H,2-5,10-12H2,1H3,(H2,15,16,17). The molecule has 6 heteroatoms. The Morgan fingerprint density at radius 2 is 1.70 bits per heavy atom. The number of methoxy groups -OCH3 is 1. The van der Waals surface area contributed by atoms with E-state index in [1.807, 2.05) is 24.3 Å². The smallest absolute Gasteiger partial charge is 0.209 e. The molecule has 0 saturated carbocycles. The fraction of sp³-hybridized carbons (Fsp3) is 0.571. The molecule has 0 aliphatic carbocycles. The molecule has 1 aromatic carbocycles. The molecule has 2 N–H and O–H groups in total. The monoisotopic (exact) mass is 301 g/mol. The molecule has 0 aliphatic rings. The van der Waals surface area contributed by atoms with E-state index in [2.05, 4.69) is 0 Å². The van der Waals surface area contributed by atoms with Crippen LogP contribution < -0.4 is 9.88 Å². The number of unbranched alkanes of at least 4 members (excludes halogenated alkanes) is 3. The minimum Gasteiger partial charge on any atom is -0.497 e. The van der Waals surface area contributed by atoms with E-state index in [1.54, 1.807) is 7.11 Å². The molecule has 0 aromatic heterocycles. The highest BCUT2D eigenvalue weighted by molar-refractivity contribution is 7.89. The van der Waals surface area contributed by atoms with Gasteiger partial charge in [0.05, 0.1) is 19.5 Å². The molecule has 1 aromatic rings. The number of nitrogens with two attached hydrogens (primary N) is 1. The summed E-state index contributed by atoms with van der Waals surface area (Å²) in [4.78, 5) is 0. The van der Waals surface area contributed by atoms with E-state index < -0.39 is 10.0 Å². The van der Waals surface area contributed by atoms with Crippen molar-refractivity contribution in [1.29, 1.82) is 0 Å². The largest absolute Gasteiger partial charge is 0.497 e. The zero-order valence-electron chi connectivity index (χ0n) is 11.9. The van der Waals surface area contributed by atoms with Crippen molar-refractivity contribution in [3.05, 3.63) is 29.8 Å². The van der Waals surface area contributed by atoms with Crippen molar-refractivity contribution < 1.29 is 17.9 Å². The second-order valence-electron chi connectivity index (χ2n) is 4.68. The summed E-state index contributed by atoms with van der Waals surface area (Å²) in [5.74, 6) is 0.906. The molecule has 0 aliphatic heterocycles. The summed E-state index contributed by atoms with van der Waals surface area (Å²) in [7, 11) is -1.66. The van der Waals surface area contributed by atoms with Gasteiger partial charge < -0.3 is 9.47 Å². The fourth-order valence-electron chi connectivity index (χ4n) is 1.77. The zero-order valence-corrected chi connectivity index (χ0v) is 12.7. The van der Waals surface area contributed by atoms with Gasteiger partial charge in [0, 0.05) is 6.61 Å². The number of rotatable bonds is 10. The van der Waals surface area contributed by atoms with Gasteiger partial charge in [0.15, 0.2) is 0 Å². The molecule has 0 unspecified atom stereocenters. The van der Waals surface area contributed by atoms with Crippen LogP contribution in [0.25, 0.3) is 0 Å². The quantitative estimate of drug-likeness (QED) is 0.671. The molecular formula is C14H23NO4S. The van der Waals surface area contributed by atoms with Crippen molar-refractivity contribution in [3.8, 4) is 5.75 Å². The van der Waals surface area contributed by atoms with Crippen LogP contribution in [0.15, 0.2) is 24.3 Å². The minimum atomic E-state index is -3.30. The summed E-state index contributed by atoms with van der Waals surface area (Å²) in [6.45, 7) is 1.27. The normalized spacial score (nSPS) is 11.5. The molecule has 5 nitrogen and oxygen atoms in total. The van der Waals surface area contributed by atoms with Crippen molar-refractivity contribution >= 4 is 10.0 Å². The fourth-order valence-corrected chi connectivity index (χ4v) is 2.38. The van der Waals surface area contributed by atoms with E-state index in [4.69, 9.17) is 14.6 Å². The molecule has 0 amide bonds. The predicted octanol–water partition coefficient (Wildman–Crippen LogP) is 2.06. The summed E-state index contributed by atoms with van der Waals surface area (Å²) in [5, 5.41) is 4.92.